The van der Waals surface area contributed by atoms with Crippen molar-refractivity contribution in [2.45, 2.75) is 44.0 Å². The molecule has 3 atom stereocenters. The number of nitrogens with zero attached hydrogens (tertiary/aromatic N) is 1. The predicted molar refractivity (Wildman–Crippen MR) is 94.7 cm³/mol. The Hall–Kier alpha value is -1.48. The molecule has 0 aromatic heterocycles. The van der Waals surface area contributed by atoms with Crippen molar-refractivity contribution < 1.29 is 18.3 Å². The highest BCUT2D eigenvalue weighted by Crippen LogP contribution is 2.28. The summed E-state index contributed by atoms with van der Waals surface area (Å²) in [5, 5.41) is 8.62. The van der Waals surface area contributed by atoms with Crippen molar-refractivity contribution in [2.24, 2.45) is 5.92 Å². The second-order valence-corrected chi connectivity index (χ2v) is 9.19. The summed E-state index contributed by atoms with van der Waals surface area (Å²) in [4.78, 5) is 11.1. The minimum Gasteiger partial charge on any atom is -0.478 e. The van der Waals surface area contributed by atoms with Gasteiger partial charge >= 0.3 is 5.97 Å². The minimum atomic E-state index is -3.37. The Labute approximate surface area is 148 Å². The monoisotopic (exact) mass is 367 g/mol. The van der Waals surface area contributed by atoms with Crippen LogP contribution in [0.3, 0.4) is 0 Å². The van der Waals surface area contributed by atoms with Gasteiger partial charge in [-0.05, 0) is 50.3 Å². The molecule has 3 N–H and O–H groups in total. The van der Waals surface area contributed by atoms with Gasteiger partial charge in [-0.2, -0.15) is 0 Å². The van der Waals surface area contributed by atoms with Gasteiger partial charge in [0.1, 0.15) is 5.25 Å². The molecular formula is C17H25N3O4S. The van der Waals surface area contributed by atoms with Crippen molar-refractivity contribution in [1.29, 1.82) is 0 Å². The van der Waals surface area contributed by atoms with Crippen molar-refractivity contribution in [3.05, 3.63) is 35.4 Å². The van der Waals surface area contributed by atoms with Crippen LogP contribution in [0.15, 0.2) is 24.3 Å². The first kappa shape index (κ1) is 18.3. The van der Waals surface area contributed by atoms with E-state index in [0.717, 1.165) is 12.0 Å². The molecule has 3 unspecified atom stereocenters. The second-order valence-electron chi connectivity index (χ2n) is 7.10. The molecule has 0 spiro atoms. The zero-order valence-corrected chi connectivity index (χ0v) is 15.3. The Bertz CT molecular complexity index is 742. The number of carboxylic acid groups (broad SMARTS) is 1. The number of hydrazine groups is 1. The lowest BCUT2D eigenvalue weighted by Gasteiger charge is -2.25. The number of benzene rings is 1. The van der Waals surface area contributed by atoms with Crippen LogP contribution in [-0.4, -0.2) is 54.2 Å². The van der Waals surface area contributed by atoms with Crippen LogP contribution in [0, 0.1) is 5.92 Å². The molecule has 0 radical (unpaired) electrons. The van der Waals surface area contributed by atoms with E-state index < -0.39 is 21.2 Å². The molecule has 1 aromatic carbocycles. The molecule has 2 saturated heterocycles. The maximum Gasteiger partial charge on any atom is 0.335 e. The van der Waals surface area contributed by atoms with Gasteiger partial charge < -0.3 is 5.11 Å². The number of aromatic carboxylic acids is 1. The summed E-state index contributed by atoms with van der Waals surface area (Å²) in [6, 6.07) is 6.62. The van der Waals surface area contributed by atoms with Crippen LogP contribution >= 0.6 is 0 Å². The Morgan fingerprint density at radius 3 is 2.60 bits per heavy atom. The van der Waals surface area contributed by atoms with Gasteiger partial charge in [-0.1, -0.05) is 12.1 Å². The fourth-order valence-electron chi connectivity index (χ4n) is 3.91. The molecule has 2 heterocycles. The maximum absolute atomic E-state index is 13.0. The average Bonchev–Trinajstić information content (AvgIpc) is 3.15. The molecule has 0 saturated carbocycles. The average molecular weight is 367 g/mol. The first-order chi connectivity index (χ1) is 11.8. The molecule has 2 fully saturated rings. The summed E-state index contributed by atoms with van der Waals surface area (Å²) in [6.45, 7) is 4.78. The molecule has 138 valence electrons. The first-order valence-electron chi connectivity index (χ1n) is 8.61. The molecule has 7 nitrogen and oxygen atoms in total. The molecule has 8 heteroatoms. The predicted octanol–water partition coefficient (Wildman–Crippen LogP) is 0.832. The lowest BCUT2D eigenvalue weighted by atomic mass is 9.97. The van der Waals surface area contributed by atoms with E-state index >= 15 is 0 Å². The Morgan fingerprint density at radius 1 is 1.28 bits per heavy atom. The molecule has 2 aliphatic rings. The molecule has 25 heavy (non-hydrogen) atoms. The fraction of sp³-hybridized carbons (Fsp3) is 0.588. The van der Waals surface area contributed by atoms with Crippen LogP contribution in [0.1, 0.15) is 36.2 Å². The van der Waals surface area contributed by atoms with Crippen molar-refractivity contribution >= 4 is 16.0 Å². The van der Waals surface area contributed by atoms with Gasteiger partial charge in [0.2, 0.25) is 10.0 Å². The van der Waals surface area contributed by atoms with Crippen LogP contribution in [0.25, 0.3) is 0 Å². The minimum absolute atomic E-state index is 0.133. The van der Waals surface area contributed by atoms with E-state index in [0.29, 0.717) is 19.5 Å². The van der Waals surface area contributed by atoms with E-state index in [1.54, 1.807) is 22.5 Å². The van der Waals surface area contributed by atoms with Crippen molar-refractivity contribution in [3.8, 4) is 0 Å². The molecule has 0 bridgehead atoms. The van der Waals surface area contributed by atoms with Crippen molar-refractivity contribution in [1.82, 2.24) is 15.2 Å². The quantitative estimate of drug-likeness (QED) is 0.713. The van der Waals surface area contributed by atoms with Crippen LogP contribution in [0.2, 0.25) is 0 Å². The number of hydrogen-bond acceptors (Lipinski definition) is 5. The lowest BCUT2D eigenvalue weighted by Crippen LogP contribution is -2.46. The van der Waals surface area contributed by atoms with Gasteiger partial charge in [-0.15, -0.1) is 0 Å². The zero-order valence-electron chi connectivity index (χ0n) is 14.5. The van der Waals surface area contributed by atoms with Gasteiger partial charge in [0.15, 0.2) is 0 Å². The maximum atomic E-state index is 13.0. The standard InChI is InChI=1S/C17H25N3O4S/c1-11-16(12(2)19-18-11)25(23,24)20-7-6-14(10-20)8-13-4-3-5-15(9-13)17(21)22/h3-5,9,11-12,14,16,18-19H,6-8,10H2,1-2H3,(H,21,22). The van der Waals surface area contributed by atoms with Gasteiger partial charge in [-0.25, -0.2) is 17.5 Å². The van der Waals surface area contributed by atoms with Crippen molar-refractivity contribution in [3.63, 3.8) is 0 Å². The van der Waals surface area contributed by atoms with E-state index in [9.17, 15) is 13.2 Å². The van der Waals surface area contributed by atoms with Gasteiger partial charge in [0.05, 0.1) is 5.56 Å². The molecular weight excluding hydrogens is 342 g/mol. The molecule has 0 aliphatic carbocycles. The second kappa shape index (κ2) is 7.03. The zero-order chi connectivity index (χ0) is 18.2. The first-order valence-corrected chi connectivity index (χ1v) is 10.1. The van der Waals surface area contributed by atoms with Crippen LogP contribution in [-0.2, 0) is 16.4 Å². The highest BCUT2D eigenvalue weighted by molar-refractivity contribution is 7.89. The Morgan fingerprint density at radius 2 is 1.96 bits per heavy atom. The third-order valence-electron chi connectivity index (χ3n) is 5.17. The number of carboxylic acids is 1. The van der Waals surface area contributed by atoms with E-state index in [1.165, 1.54) is 0 Å². The van der Waals surface area contributed by atoms with E-state index in [1.807, 2.05) is 19.9 Å². The topological polar surface area (TPSA) is 98.7 Å². The van der Waals surface area contributed by atoms with E-state index in [2.05, 4.69) is 10.9 Å². The smallest absolute Gasteiger partial charge is 0.335 e. The Balaban J connectivity index is 1.67. The fourth-order valence-corrected chi connectivity index (χ4v) is 6.20. The highest BCUT2D eigenvalue weighted by Gasteiger charge is 2.45. The van der Waals surface area contributed by atoms with Gasteiger partial charge in [-0.3, -0.25) is 10.9 Å². The third kappa shape index (κ3) is 3.72. The molecule has 3 rings (SSSR count). The number of sulfonamides is 1. The van der Waals surface area contributed by atoms with E-state index in [-0.39, 0.29) is 23.6 Å². The normalized spacial score (nSPS) is 30.6. The summed E-state index contributed by atoms with van der Waals surface area (Å²) < 4.78 is 27.5. The van der Waals surface area contributed by atoms with Crippen LogP contribution in [0.5, 0.6) is 0 Å². The number of nitrogens with one attached hydrogen (secondary N) is 2. The SMILES string of the molecule is CC1NNC(C)C1S(=O)(=O)N1CCC(Cc2cccc(C(=O)O)c2)C1. The summed E-state index contributed by atoms with van der Waals surface area (Å²) >= 11 is 0. The van der Waals surface area contributed by atoms with Gasteiger partial charge in [0.25, 0.3) is 0 Å². The summed E-state index contributed by atoms with van der Waals surface area (Å²) in [6.07, 6.45) is 1.49. The summed E-state index contributed by atoms with van der Waals surface area (Å²) in [5.74, 6) is -0.728. The third-order valence-corrected chi connectivity index (χ3v) is 7.73. The number of carbonyl (C=O) groups is 1. The molecule has 1 aromatic rings. The Kier molecular flexibility index (Phi) is 5.15. The van der Waals surface area contributed by atoms with Crippen LogP contribution < -0.4 is 10.9 Å². The largest absolute Gasteiger partial charge is 0.478 e. The highest BCUT2D eigenvalue weighted by atomic mass is 32.2. The summed E-state index contributed by atoms with van der Waals surface area (Å²) in [7, 11) is -3.37. The van der Waals surface area contributed by atoms with E-state index in [4.69, 9.17) is 5.11 Å². The van der Waals surface area contributed by atoms with Gasteiger partial charge in [0, 0.05) is 25.2 Å². The van der Waals surface area contributed by atoms with Crippen LogP contribution in [0.4, 0.5) is 0 Å². The number of rotatable bonds is 5. The van der Waals surface area contributed by atoms with Crippen molar-refractivity contribution in [2.75, 3.05) is 13.1 Å². The number of hydrogen-bond donors (Lipinski definition) is 3. The molecule has 0 amide bonds. The molecule has 2 aliphatic heterocycles. The lowest BCUT2D eigenvalue weighted by molar-refractivity contribution is 0.0696. The summed E-state index contributed by atoms with van der Waals surface area (Å²) in [5.41, 5.74) is 7.22.